The molecule has 0 unspecified atom stereocenters. The summed E-state index contributed by atoms with van der Waals surface area (Å²) in [5, 5.41) is 0. The molecule has 0 aromatic heterocycles. The zero-order chi connectivity index (χ0) is 8.82. The Balaban J connectivity index is 1.95. The zero-order valence-corrected chi connectivity index (χ0v) is 6.83. The van der Waals surface area contributed by atoms with E-state index in [1.165, 1.54) is 7.11 Å². The first-order valence-electron chi connectivity index (χ1n) is 3.86. The molecule has 3 aliphatic rings. The average molecular weight is 170 g/mol. The molecule has 0 aromatic carbocycles. The van der Waals surface area contributed by atoms with E-state index < -0.39 is 0 Å². The van der Waals surface area contributed by atoms with Gasteiger partial charge in [0.1, 0.15) is 5.60 Å². The smallest absolute Gasteiger partial charge is 0.312 e. The first kappa shape index (κ1) is 7.58. The number of rotatable bonds is 3. The molecule has 0 heterocycles. The second-order valence-electron chi connectivity index (χ2n) is 3.70. The number of carbonyl (C=O) groups excluding carboxylic acids is 2. The van der Waals surface area contributed by atoms with Crippen LogP contribution in [0.5, 0.6) is 0 Å². The average Bonchev–Trinajstić information content (AvgIpc) is 1.92. The van der Waals surface area contributed by atoms with E-state index in [0.717, 1.165) is 0 Å². The van der Waals surface area contributed by atoms with Gasteiger partial charge in [0, 0.05) is 19.3 Å². The van der Waals surface area contributed by atoms with Gasteiger partial charge in [0.2, 0.25) is 0 Å². The minimum absolute atomic E-state index is 0.168. The summed E-state index contributed by atoms with van der Waals surface area (Å²) in [6, 6.07) is 0. The minimum Gasteiger partial charge on any atom is -0.469 e. The lowest BCUT2D eigenvalue weighted by atomic mass is 9.41. The van der Waals surface area contributed by atoms with Crippen LogP contribution in [0.15, 0.2) is 0 Å². The summed E-state index contributed by atoms with van der Waals surface area (Å²) in [6.45, 7) is 0.459. The van der Waals surface area contributed by atoms with Crippen LogP contribution >= 0.6 is 0 Å². The normalized spacial score (nSPS) is 42.1. The van der Waals surface area contributed by atoms with Crippen LogP contribution in [0.2, 0.25) is 0 Å². The molecule has 0 radical (unpaired) electrons. The summed E-state index contributed by atoms with van der Waals surface area (Å²) >= 11 is 0. The van der Waals surface area contributed by atoms with Gasteiger partial charge >= 0.3 is 5.97 Å². The summed E-state index contributed by atoms with van der Waals surface area (Å²) in [6.07, 6.45) is 1.93. The largest absolute Gasteiger partial charge is 0.469 e. The van der Waals surface area contributed by atoms with Crippen molar-refractivity contribution in [2.75, 3.05) is 7.11 Å². The van der Waals surface area contributed by atoms with E-state index in [4.69, 9.17) is 4.74 Å². The van der Waals surface area contributed by atoms with Crippen molar-refractivity contribution in [1.29, 1.82) is 0 Å². The van der Waals surface area contributed by atoms with Gasteiger partial charge in [-0.3, -0.25) is 9.59 Å². The third kappa shape index (κ3) is 0.673. The number of hydrogen-bond acceptors (Lipinski definition) is 4. The maximum atomic E-state index is 11.1. The van der Waals surface area contributed by atoms with E-state index in [1.807, 2.05) is 0 Å². The van der Waals surface area contributed by atoms with Gasteiger partial charge in [-0.1, -0.05) is 0 Å². The van der Waals surface area contributed by atoms with Gasteiger partial charge in [0.15, 0.2) is 0 Å². The molecule has 0 amide bonds. The van der Waals surface area contributed by atoms with E-state index in [-0.39, 0.29) is 17.0 Å². The van der Waals surface area contributed by atoms with E-state index >= 15 is 0 Å². The quantitative estimate of drug-likeness (QED) is 0.450. The molecule has 4 heteroatoms. The second kappa shape index (κ2) is 2.00. The molecule has 2 bridgehead atoms. The Kier molecular flexibility index (Phi) is 1.26. The Morgan fingerprint density at radius 2 is 2.00 bits per heavy atom. The van der Waals surface area contributed by atoms with Crippen LogP contribution in [0.4, 0.5) is 0 Å². The molecule has 3 saturated carbocycles. The molecule has 0 spiro atoms. The molecular formula is C8H10O4. The van der Waals surface area contributed by atoms with Crippen molar-refractivity contribution in [1.82, 2.24) is 0 Å². The summed E-state index contributed by atoms with van der Waals surface area (Å²) in [5.41, 5.74) is -0.617. The Morgan fingerprint density at radius 1 is 1.42 bits per heavy atom. The minimum atomic E-state index is -0.310. The molecule has 0 N–H and O–H groups in total. The molecule has 0 aromatic rings. The van der Waals surface area contributed by atoms with Gasteiger partial charge in [-0.2, -0.15) is 0 Å². The van der Waals surface area contributed by atoms with Crippen LogP contribution in [0, 0.1) is 5.41 Å². The molecule has 12 heavy (non-hydrogen) atoms. The molecule has 3 rings (SSSR count). The van der Waals surface area contributed by atoms with E-state index in [1.54, 1.807) is 0 Å². The van der Waals surface area contributed by atoms with E-state index in [0.29, 0.717) is 25.7 Å². The highest BCUT2D eigenvalue weighted by Gasteiger charge is 2.74. The summed E-state index contributed by atoms with van der Waals surface area (Å²) in [5.74, 6) is -0.168. The molecular weight excluding hydrogens is 160 g/mol. The SMILES string of the molecule is COC(=O)C12CC(OC=O)(C1)C2. The molecule has 3 aliphatic carbocycles. The molecule has 0 atom stereocenters. The Bertz CT molecular complexity index is 226. The number of esters is 1. The highest BCUT2D eigenvalue weighted by Crippen LogP contribution is 2.69. The topological polar surface area (TPSA) is 52.6 Å². The molecule has 3 fully saturated rings. The van der Waals surface area contributed by atoms with Gasteiger partial charge in [0.05, 0.1) is 12.5 Å². The summed E-state index contributed by atoms with van der Waals surface area (Å²) in [7, 11) is 1.38. The summed E-state index contributed by atoms with van der Waals surface area (Å²) in [4.78, 5) is 21.2. The molecule has 66 valence electrons. The van der Waals surface area contributed by atoms with Crippen LogP contribution in [-0.4, -0.2) is 25.2 Å². The monoisotopic (exact) mass is 170 g/mol. The van der Waals surface area contributed by atoms with Gasteiger partial charge < -0.3 is 9.47 Å². The number of methoxy groups -OCH3 is 1. The van der Waals surface area contributed by atoms with Crippen LogP contribution in [0.1, 0.15) is 19.3 Å². The zero-order valence-electron chi connectivity index (χ0n) is 6.83. The van der Waals surface area contributed by atoms with Gasteiger partial charge in [-0.15, -0.1) is 0 Å². The van der Waals surface area contributed by atoms with E-state index in [2.05, 4.69) is 4.74 Å². The Labute approximate surface area is 69.8 Å². The predicted molar refractivity (Wildman–Crippen MR) is 38.2 cm³/mol. The van der Waals surface area contributed by atoms with Gasteiger partial charge in [-0.25, -0.2) is 0 Å². The van der Waals surface area contributed by atoms with Crippen molar-refractivity contribution >= 4 is 12.4 Å². The Morgan fingerprint density at radius 3 is 2.42 bits per heavy atom. The fourth-order valence-corrected chi connectivity index (χ4v) is 2.35. The van der Waals surface area contributed by atoms with Gasteiger partial charge in [0.25, 0.3) is 6.47 Å². The van der Waals surface area contributed by atoms with Crippen LogP contribution in [-0.2, 0) is 19.1 Å². The number of ether oxygens (including phenoxy) is 2. The fraction of sp³-hybridized carbons (Fsp3) is 0.750. The number of hydrogen-bond donors (Lipinski definition) is 0. The highest BCUT2D eigenvalue weighted by molar-refractivity contribution is 5.82. The lowest BCUT2D eigenvalue weighted by molar-refractivity contribution is -0.267. The van der Waals surface area contributed by atoms with Crippen molar-refractivity contribution in [3.8, 4) is 0 Å². The first-order valence-corrected chi connectivity index (χ1v) is 3.86. The lowest BCUT2D eigenvalue weighted by Crippen LogP contribution is -2.71. The lowest BCUT2D eigenvalue weighted by Gasteiger charge is -2.66. The van der Waals surface area contributed by atoms with Crippen LogP contribution in [0.3, 0.4) is 0 Å². The first-order chi connectivity index (χ1) is 5.66. The second-order valence-corrected chi connectivity index (χ2v) is 3.70. The standard InChI is InChI=1S/C8H10O4/c1-11-6(10)7-2-8(3-7,4-7)12-5-9/h5H,2-4H2,1H3. The molecule has 0 saturated heterocycles. The number of carbonyl (C=O) groups is 2. The molecule has 4 nitrogen and oxygen atoms in total. The van der Waals surface area contributed by atoms with Crippen molar-refractivity contribution in [3.05, 3.63) is 0 Å². The summed E-state index contributed by atoms with van der Waals surface area (Å²) < 4.78 is 9.50. The predicted octanol–water partition coefficient (Wildman–Crippen LogP) is 0.255. The van der Waals surface area contributed by atoms with Crippen LogP contribution in [0.25, 0.3) is 0 Å². The van der Waals surface area contributed by atoms with Crippen molar-refractivity contribution in [3.63, 3.8) is 0 Å². The van der Waals surface area contributed by atoms with E-state index in [9.17, 15) is 9.59 Å². The van der Waals surface area contributed by atoms with Crippen molar-refractivity contribution in [2.45, 2.75) is 24.9 Å². The highest BCUT2D eigenvalue weighted by atomic mass is 16.6. The van der Waals surface area contributed by atoms with Crippen molar-refractivity contribution < 1.29 is 19.1 Å². The van der Waals surface area contributed by atoms with Gasteiger partial charge in [-0.05, 0) is 0 Å². The third-order valence-electron chi connectivity index (χ3n) is 2.90. The third-order valence-corrected chi connectivity index (χ3v) is 2.90. The maximum absolute atomic E-state index is 11.1. The Hall–Kier alpha value is -1.06. The molecule has 0 aliphatic heterocycles. The van der Waals surface area contributed by atoms with Crippen LogP contribution < -0.4 is 0 Å². The maximum Gasteiger partial charge on any atom is 0.312 e. The fourth-order valence-electron chi connectivity index (χ4n) is 2.35. The van der Waals surface area contributed by atoms with Crippen molar-refractivity contribution in [2.24, 2.45) is 5.41 Å².